The number of carbonyl (C=O) groups excluding carboxylic acids is 1. The quantitative estimate of drug-likeness (QED) is 0.647. The number of cyclic esters (lactones) is 1. The number of anilines is 2. The number of nitrogens with zero attached hydrogens (tertiary/aromatic N) is 6. The highest BCUT2D eigenvalue weighted by Crippen LogP contribution is 2.20. The lowest BCUT2D eigenvalue weighted by molar-refractivity contribution is 0.181. The molecule has 4 rings (SSSR count). The van der Waals surface area contributed by atoms with Crippen molar-refractivity contribution in [1.82, 2.24) is 24.5 Å². The number of imidazole rings is 1. The zero-order valence-electron chi connectivity index (χ0n) is 17.1. The molecule has 1 amide bonds. The first kappa shape index (κ1) is 21.5. The Balaban J connectivity index is 0.000000806. The van der Waals surface area contributed by atoms with Crippen molar-refractivity contribution in [1.29, 1.82) is 0 Å². The molecular weight excluding hydrogens is 406 g/mol. The summed E-state index contributed by atoms with van der Waals surface area (Å²) in [5, 5.41) is 3.85. The van der Waals surface area contributed by atoms with Crippen molar-refractivity contribution in [3.63, 3.8) is 0 Å². The van der Waals surface area contributed by atoms with E-state index >= 15 is 0 Å². The summed E-state index contributed by atoms with van der Waals surface area (Å²) in [5.74, 6) is 0.613. The molecule has 1 unspecified atom stereocenters. The van der Waals surface area contributed by atoms with Gasteiger partial charge in [0, 0.05) is 16.9 Å². The van der Waals surface area contributed by atoms with Gasteiger partial charge in [-0.05, 0) is 31.2 Å². The van der Waals surface area contributed by atoms with Gasteiger partial charge >= 0.3 is 6.09 Å². The Kier molecular flexibility index (Phi) is 7.18. The van der Waals surface area contributed by atoms with Gasteiger partial charge in [0.2, 0.25) is 11.9 Å². The van der Waals surface area contributed by atoms with Crippen molar-refractivity contribution in [2.45, 2.75) is 33.2 Å². The number of halogens is 1. The van der Waals surface area contributed by atoms with Crippen LogP contribution in [0.25, 0.3) is 5.69 Å². The van der Waals surface area contributed by atoms with Crippen LogP contribution in [0.1, 0.15) is 38.9 Å². The molecule has 10 heteroatoms. The highest BCUT2D eigenvalue weighted by molar-refractivity contribution is 6.30. The van der Waals surface area contributed by atoms with E-state index in [1.54, 1.807) is 6.33 Å². The fourth-order valence-corrected chi connectivity index (χ4v) is 2.77. The summed E-state index contributed by atoms with van der Waals surface area (Å²) in [5.41, 5.74) is 1.77. The number of aromatic nitrogens is 5. The van der Waals surface area contributed by atoms with Crippen LogP contribution in [0.2, 0.25) is 5.02 Å². The molecule has 1 fully saturated rings. The molecule has 0 aliphatic carbocycles. The number of carbonyl (C=O) groups is 1. The molecule has 0 spiro atoms. The van der Waals surface area contributed by atoms with Crippen molar-refractivity contribution < 1.29 is 9.53 Å². The average molecular weight is 430 g/mol. The number of hydrogen-bond acceptors (Lipinski definition) is 7. The van der Waals surface area contributed by atoms with Crippen LogP contribution >= 0.6 is 11.6 Å². The topological polar surface area (TPSA) is 98.1 Å². The maximum Gasteiger partial charge on any atom is 0.416 e. The molecule has 9 nitrogen and oxygen atoms in total. The Morgan fingerprint density at radius 3 is 2.60 bits per heavy atom. The van der Waals surface area contributed by atoms with Gasteiger partial charge in [0.05, 0.1) is 24.6 Å². The fraction of sp³-hybridized carbons (Fsp3) is 0.350. The summed E-state index contributed by atoms with van der Waals surface area (Å²) in [4.78, 5) is 29.9. The van der Waals surface area contributed by atoms with E-state index in [4.69, 9.17) is 16.3 Å². The largest absolute Gasteiger partial charge is 0.447 e. The monoisotopic (exact) mass is 429 g/mol. The first-order valence-electron chi connectivity index (χ1n) is 9.71. The van der Waals surface area contributed by atoms with E-state index in [0.717, 1.165) is 11.4 Å². The van der Waals surface area contributed by atoms with Crippen molar-refractivity contribution in [3.05, 3.63) is 53.8 Å². The molecule has 1 aromatic carbocycles. The van der Waals surface area contributed by atoms with Crippen LogP contribution in [-0.4, -0.2) is 43.7 Å². The number of ether oxygens (including phenoxy) is 1. The summed E-state index contributed by atoms with van der Waals surface area (Å²) in [6, 6.07) is 7.33. The van der Waals surface area contributed by atoms with E-state index in [0.29, 0.717) is 24.1 Å². The second-order valence-electron chi connectivity index (χ2n) is 6.63. The van der Waals surface area contributed by atoms with E-state index in [1.165, 1.54) is 17.6 Å². The third-order valence-corrected chi connectivity index (χ3v) is 4.33. The predicted octanol–water partition coefficient (Wildman–Crippen LogP) is 4.26. The first-order valence-corrected chi connectivity index (χ1v) is 10.1. The van der Waals surface area contributed by atoms with Crippen molar-refractivity contribution >= 4 is 29.6 Å². The van der Waals surface area contributed by atoms with Gasteiger partial charge in [-0.2, -0.15) is 4.98 Å². The molecule has 3 aromatic rings. The smallest absolute Gasteiger partial charge is 0.416 e. The first-order chi connectivity index (χ1) is 14.5. The molecule has 1 saturated heterocycles. The van der Waals surface area contributed by atoms with Gasteiger partial charge in [0.25, 0.3) is 0 Å². The third kappa shape index (κ3) is 5.24. The molecule has 2 aromatic heterocycles. The molecule has 1 aliphatic rings. The number of rotatable bonds is 5. The Bertz CT molecular complexity index is 977. The SMILES string of the molecule is CC(Nc1ncnc(N2CCOC2=O)n1)c1cn(-c2ccc(Cl)cc2)cn1.CCC. The number of hydrogen-bond donors (Lipinski definition) is 1. The second-order valence-corrected chi connectivity index (χ2v) is 7.07. The Morgan fingerprint density at radius 1 is 1.20 bits per heavy atom. The minimum absolute atomic E-state index is 0.153. The van der Waals surface area contributed by atoms with Crippen LogP contribution in [-0.2, 0) is 4.74 Å². The van der Waals surface area contributed by atoms with Crippen molar-refractivity contribution in [2.24, 2.45) is 0 Å². The molecule has 1 atom stereocenters. The second kappa shape index (κ2) is 10.0. The summed E-state index contributed by atoms with van der Waals surface area (Å²) in [6.45, 7) is 6.94. The van der Waals surface area contributed by atoms with Gasteiger partial charge in [0.1, 0.15) is 12.9 Å². The van der Waals surface area contributed by atoms with Crippen molar-refractivity contribution in [3.8, 4) is 5.69 Å². The Hall–Kier alpha value is -3.20. The lowest BCUT2D eigenvalue weighted by atomic mass is 10.2. The van der Waals surface area contributed by atoms with Crippen LogP contribution in [0.5, 0.6) is 0 Å². The Morgan fingerprint density at radius 2 is 1.93 bits per heavy atom. The summed E-state index contributed by atoms with van der Waals surface area (Å²) in [6.07, 6.45) is 5.80. The zero-order valence-corrected chi connectivity index (χ0v) is 17.9. The van der Waals surface area contributed by atoms with Gasteiger partial charge in [-0.25, -0.2) is 24.6 Å². The molecule has 1 N–H and O–H groups in total. The van der Waals surface area contributed by atoms with Crippen LogP contribution < -0.4 is 10.2 Å². The number of nitrogens with one attached hydrogen (secondary N) is 1. The maximum absolute atomic E-state index is 11.7. The van der Waals surface area contributed by atoms with E-state index in [-0.39, 0.29) is 12.0 Å². The molecule has 0 bridgehead atoms. The molecule has 3 heterocycles. The molecular formula is C20H24ClN7O2. The zero-order chi connectivity index (χ0) is 21.5. The van der Waals surface area contributed by atoms with E-state index in [1.807, 2.05) is 42.0 Å². The van der Waals surface area contributed by atoms with Crippen LogP contribution in [0.4, 0.5) is 16.7 Å². The molecule has 0 radical (unpaired) electrons. The lowest BCUT2D eigenvalue weighted by Gasteiger charge is -2.14. The highest BCUT2D eigenvalue weighted by Gasteiger charge is 2.26. The Labute approximate surface area is 180 Å². The summed E-state index contributed by atoms with van der Waals surface area (Å²) < 4.78 is 6.81. The van der Waals surface area contributed by atoms with Crippen LogP contribution in [0.15, 0.2) is 43.1 Å². The molecule has 1 aliphatic heterocycles. The van der Waals surface area contributed by atoms with Gasteiger partial charge < -0.3 is 14.6 Å². The minimum Gasteiger partial charge on any atom is -0.447 e. The van der Waals surface area contributed by atoms with E-state index in [2.05, 4.69) is 39.1 Å². The normalized spacial score (nSPS) is 14.0. The predicted molar refractivity (Wildman–Crippen MR) is 115 cm³/mol. The summed E-state index contributed by atoms with van der Waals surface area (Å²) in [7, 11) is 0. The highest BCUT2D eigenvalue weighted by atomic mass is 35.5. The summed E-state index contributed by atoms with van der Waals surface area (Å²) >= 11 is 5.93. The average Bonchev–Trinajstić information content (AvgIpc) is 3.39. The fourth-order valence-electron chi connectivity index (χ4n) is 2.65. The number of amides is 1. The lowest BCUT2D eigenvalue weighted by Crippen LogP contribution is -2.26. The van der Waals surface area contributed by atoms with Gasteiger partial charge in [-0.15, -0.1) is 0 Å². The van der Waals surface area contributed by atoms with Gasteiger partial charge in [0.15, 0.2) is 0 Å². The van der Waals surface area contributed by atoms with Crippen LogP contribution in [0.3, 0.4) is 0 Å². The number of benzene rings is 1. The molecule has 158 valence electrons. The van der Waals surface area contributed by atoms with Crippen LogP contribution in [0, 0.1) is 0 Å². The standard InChI is InChI=1S/C17H16ClN7O2.C3H8/c1-11(14-8-24(10-21-14)13-4-2-12(18)3-5-13)22-15-19-9-20-16(23-15)25-6-7-27-17(25)26;1-3-2/h2-5,8-11H,6-7H2,1H3,(H,19,20,22,23);3H2,1-2H3. The third-order valence-electron chi connectivity index (χ3n) is 4.08. The van der Waals surface area contributed by atoms with Gasteiger partial charge in [-0.3, -0.25) is 0 Å². The van der Waals surface area contributed by atoms with Gasteiger partial charge in [-0.1, -0.05) is 31.9 Å². The maximum atomic E-state index is 11.7. The molecule has 0 saturated carbocycles. The van der Waals surface area contributed by atoms with E-state index < -0.39 is 6.09 Å². The minimum atomic E-state index is -0.457. The van der Waals surface area contributed by atoms with E-state index in [9.17, 15) is 4.79 Å². The molecule has 30 heavy (non-hydrogen) atoms. The van der Waals surface area contributed by atoms with Crippen molar-refractivity contribution in [2.75, 3.05) is 23.4 Å².